The van der Waals surface area contributed by atoms with Gasteiger partial charge in [0.05, 0.1) is 39.5 Å². The van der Waals surface area contributed by atoms with Gasteiger partial charge in [0.25, 0.3) is 11.8 Å². The number of amides is 2. The summed E-state index contributed by atoms with van der Waals surface area (Å²) in [5.41, 5.74) is 0.566. The molecule has 0 aliphatic carbocycles. The summed E-state index contributed by atoms with van der Waals surface area (Å²) < 4.78 is 21.0. The highest BCUT2D eigenvalue weighted by Gasteiger charge is 2.40. The minimum absolute atomic E-state index is 0.176. The number of carbonyl (C=O) groups excluding carboxylic acids is 3. The van der Waals surface area contributed by atoms with Crippen molar-refractivity contribution in [3.8, 4) is 17.2 Å². The topological polar surface area (TPSA) is 118 Å². The van der Waals surface area contributed by atoms with Gasteiger partial charge in [-0.2, -0.15) is 0 Å². The number of carboxylic acids is 1. The molecule has 31 heavy (non-hydrogen) atoms. The van der Waals surface area contributed by atoms with Crippen LogP contribution in [0, 0.1) is 5.92 Å². The van der Waals surface area contributed by atoms with E-state index in [4.69, 9.17) is 18.9 Å². The molecule has 1 unspecified atom stereocenters. The molecule has 0 spiro atoms. The summed E-state index contributed by atoms with van der Waals surface area (Å²) in [6.45, 7) is 2.61. The molecule has 0 bridgehead atoms. The van der Waals surface area contributed by atoms with Gasteiger partial charge in [-0.15, -0.1) is 0 Å². The second kappa shape index (κ2) is 10.2. The van der Waals surface area contributed by atoms with E-state index in [0.29, 0.717) is 22.8 Å². The maximum Gasteiger partial charge on any atom is 0.253 e. The normalized spacial score (nSPS) is 16.3. The Balaban J connectivity index is 2.75. The van der Waals surface area contributed by atoms with Crippen molar-refractivity contribution in [1.82, 2.24) is 9.80 Å². The van der Waals surface area contributed by atoms with Gasteiger partial charge in [-0.05, 0) is 18.1 Å². The van der Waals surface area contributed by atoms with Gasteiger partial charge in [-0.25, -0.2) is 0 Å². The Morgan fingerprint density at radius 3 is 2.06 bits per heavy atom. The first-order valence-electron chi connectivity index (χ1n) is 9.53. The van der Waals surface area contributed by atoms with E-state index in [9.17, 15) is 19.5 Å². The predicted molar refractivity (Wildman–Crippen MR) is 108 cm³/mol. The third kappa shape index (κ3) is 4.91. The van der Waals surface area contributed by atoms with E-state index in [1.54, 1.807) is 26.0 Å². The van der Waals surface area contributed by atoms with Crippen molar-refractivity contribution in [2.45, 2.75) is 19.9 Å². The lowest BCUT2D eigenvalue weighted by Gasteiger charge is -2.41. The van der Waals surface area contributed by atoms with E-state index in [1.165, 1.54) is 39.5 Å². The quantitative estimate of drug-likeness (QED) is 0.536. The molecule has 0 aromatic heterocycles. The molecule has 0 saturated carbocycles. The van der Waals surface area contributed by atoms with Crippen LogP contribution in [0.5, 0.6) is 17.2 Å². The third-order valence-corrected chi connectivity index (χ3v) is 4.81. The average Bonchev–Trinajstić information content (AvgIpc) is 2.73. The second-order valence-electron chi connectivity index (χ2n) is 7.15. The van der Waals surface area contributed by atoms with Crippen LogP contribution in [0.1, 0.15) is 19.4 Å². The second-order valence-corrected chi connectivity index (χ2v) is 7.15. The fourth-order valence-corrected chi connectivity index (χ4v) is 3.46. The summed E-state index contributed by atoms with van der Waals surface area (Å²) in [7, 11) is 5.69. The molecule has 0 saturated heterocycles. The molecule has 1 aliphatic heterocycles. The minimum atomic E-state index is -1.44. The summed E-state index contributed by atoms with van der Waals surface area (Å²) in [6, 6.07) is 2.24. The number of hydrogen-bond acceptors (Lipinski definition) is 8. The highest BCUT2D eigenvalue weighted by molar-refractivity contribution is 5.99. The van der Waals surface area contributed by atoms with Crippen LogP contribution in [0.4, 0.5) is 0 Å². The zero-order chi connectivity index (χ0) is 23.3. The van der Waals surface area contributed by atoms with Crippen LogP contribution in [0.25, 0.3) is 5.70 Å². The first kappa shape index (κ1) is 24.0. The summed E-state index contributed by atoms with van der Waals surface area (Å²) >= 11 is 0. The molecule has 1 atom stereocenters. The fraction of sp³-hybridized carbons (Fsp3) is 0.476. The van der Waals surface area contributed by atoms with Crippen molar-refractivity contribution >= 4 is 23.5 Å². The van der Waals surface area contributed by atoms with Crippen molar-refractivity contribution in [3.05, 3.63) is 23.9 Å². The molecule has 0 fully saturated rings. The zero-order valence-electron chi connectivity index (χ0n) is 18.5. The van der Waals surface area contributed by atoms with Crippen LogP contribution < -0.4 is 19.3 Å². The van der Waals surface area contributed by atoms with Crippen LogP contribution in [0.3, 0.4) is 0 Å². The van der Waals surface area contributed by atoms with Crippen LogP contribution in [0.2, 0.25) is 0 Å². The molecule has 10 nitrogen and oxygen atoms in total. The minimum Gasteiger partial charge on any atom is -0.548 e. The number of hydrogen-bond donors (Lipinski definition) is 0. The van der Waals surface area contributed by atoms with Crippen molar-refractivity contribution < 1.29 is 38.4 Å². The molecule has 10 heteroatoms. The van der Waals surface area contributed by atoms with Gasteiger partial charge >= 0.3 is 0 Å². The number of ether oxygens (including phenoxy) is 4. The highest BCUT2D eigenvalue weighted by atomic mass is 16.5. The molecular formula is C21H27N2O8-. The fourth-order valence-electron chi connectivity index (χ4n) is 3.46. The Morgan fingerprint density at radius 1 is 1.06 bits per heavy atom. The molecule has 2 amide bonds. The van der Waals surface area contributed by atoms with Crippen LogP contribution in [0.15, 0.2) is 18.3 Å². The van der Waals surface area contributed by atoms with Crippen LogP contribution >= 0.6 is 0 Å². The lowest BCUT2D eigenvalue weighted by molar-refractivity contribution is -0.305. The van der Waals surface area contributed by atoms with Gasteiger partial charge in [-0.1, -0.05) is 13.8 Å². The largest absolute Gasteiger partial charge is 0.548 e. The zero-order valence-corrected chi connectivity index (χ0v) is 18.5. The smallest absolute Gasteiger partial charge is 0.253 e. The Labute approximate surface area is 180 Å². The Bertz CT molecular complexity index is 855. The molecular weight excluding hydrogens is 408 g/mol. The van der Waals surface area contributed by atoms with E-state index in [2.05, 4.69) is 0 Å². The molecule has 0 N–H and O–H groups in total. The molecule has 2 rings (SSSR count). The number of carboxylic acid groups (broad SMARTS) is 1. The number of nitrogens with zero attached hydrogens (tertiary/aromatic N) is 2. The number of aliphatic carboxylic acids is 1. The maximum absolute atomic E-state index is 13.3. The molecule has 170 valence electrons. The van der Waals surface area contributed by atoms with E-state index in [-0.39, 0.29) is 18.2 Å². The van der Waals surface area contributed by atoms with Gasteiger partial charge < -0.3 is 38.6 Å². The van der Waals surface area contributed by atoms with E-state index < -0.39 is 30.4 Å². The average molecular weight is 435 g/mol. The standard InChI is InChI=1S/C21H28N2O8/c1-12(2)19-21(27)22(10-18(25)26)14(9-23(19)17(24)11-28-3)13-7-15(29-4)20(31-6)16(8-13)30-5/h7-9,12,19H,10-11H2,1-6H3,(H,25,26)/p-1. The molecule has 1 aromatic rings. The molecule has 0 radical (unpaired) electrons. The monoisotopic (exact) mass is 435 g/mol. The summed E-state index contributed by atoms with van der Waals surface area (Å²) in [6.07, 6.45) is 1.44. The van der Waals surface area contributed by atoms with Crippen molar-refractivity contribution in [3.63, 3.8) is 0 Å². The van der Waals surface area contributed by atoms with Gasteiger partial charge in [0, 0.05) is 18.9 Å². The highest BCUT2D eigenvalue weighted by Crippen LogP contribution is 2.41. The van der Waals surface area contributed by atoms with Crippen molar-refractivity contribution in [2.75, 3.05) is 41.6 Å². The summed E-state index contributed by atoms with van der Waals surface area (Å²) in [5, 5.41) is 11.4. The first-order chi connectivity index (χ1) is 14.7. The SMILES string of the molecule is COCC(=O)N1C=C(c2cc(OC)c(OC)c(OC)c2)N(CC(=O)[O-])C(=O)C1C(C)C. The van der Waals surface area contributed by atoms with E-state index in [0.717, 1.165) is 4.90 Å². The Kier molecular flexibility index (Phi) is 7.87. The Morgan fingerprint density at radius 2 is 1.65 bits per heavy atom. The third-order valence-electron chi connectivity index (χ3n) is 4.81. The number of methoxy groups -OCH3 is 4. The van der Waals surface area contributed by atoms with Crippen LogP contribution in [-0.2, 0) is 19.1 Å². The predicted octanol–water partition coefficient (Wildman–Crippen LogP) is 0.103. The van der Waals surface area contributed by atoms with E-state index >= 15 is 0 Å². The summed E-state index contributed by atoms with van der Waals surface area (Å²) in [5.74, 6) is -1.77. The first-order valence-corrected chi connectivity index (χ1v) is 9.53. The molecule has 1 aromatic carbocycles. The lowest BCUT2D eigenvalue weighted by atomic mass is 9.96. The molecule has 1 heterocycles. The number of carbonyl (C=O) groups is 3. The van der Waals surface area contributed by atoms with Crippen LogP contribution in [-0.4, -0.2) is 75.2 Å². The molecule has 1 aliphatic rings. The van der Waals surface area contributed by atoms with Crippen molar-refractivity contribution in [1.29, 1.82) is 0 Å². The maximum atomic E-state index is 13.3. The van der Waals surface area contributed by atoms with E-state index in [1.807, 2.05) is 0 Å². The van der Waals surface area contributed by atoms with Gasteiger partial charge in [0.2, 0.25) is 5.75 Å². The van der Waals surface area contributed by atoms with Gasteiger partial charge in [0.15, 0.2) is 11.5 Å². The van der Waals surface area contributed by atoms with Crippen molar-refractivity contribution in [2.24, 2.45) is 5.92 Å². The number of rotatable bonds is 9. The Hall–Kier alpha value is -3.27. The lowest BCUT2D eigenvalue weighted by Crippen LogP contribution is -2.57. The number of benzene rings is 1. The van der Waals surface area contributed by atoms with Gasteiger partial charge in [-0.3, -0.25) is 9.59 Å². The van der Waals surface area contributed by atoms with Gasteiger partial charge in [0.1, 0.15) is 12.6 Å². The summed E-state index contributed by atoms with van der Waals surface area (Å²) in [4.78, 5) is 39.8.